The first-order valence-corrected chi connectivity index (χ1v) is 10.7. The lowest BCUT2D eigenvalue weighted by Gasteiger charge is -2.32. The van der Waals surface area contributed by atoms with Crippen molar-refractivity contribution in [2.24, 2.45) is 0 Å². The van der Waals surface area contributed by atoms with Gasteiger partial charge in [0.25, 0.3) is 5.91 Å². The zero-order chi connectivity index (χ0) is 22.4. The summed E-state index contributed by atoms with van der Waals surface area (Å²) >= 11 is 0. The molecular weight excluding hydrogens is 400 g/mol. The van der Waals surface area contributed by atoms with Crippen LogP contribution in [0.4, 0.5) is 0 Å². The smallest absolute Gasteiger partial charge is 0.254 e. The summed E-state index contributed by atoms with van der Waals surface area (Å²) in [7, 11) is 3.16. The molecule has 2 fully saturated rings. The van der Waals surface area contributed by atoms with Gasteiger partial charge in [-0.15, -0.1) is 0 Å². The SMILES string of the molecule is COCCN(C(=O)c1ccc(OC)cc1)C1CC(C(=O)N2CCNCC2)N(C(C)=O)C1. The van der Waals surface area contributed by atoms with E-state index in [1.807, 2.05) is 4.90 Å². The number of carbonyl (C=O) groups is 3. The molecule has 2 aliphatic rings. The minimum atomic E-state index is -0.547. The van der Waals surface area contributed by atoms with Gasteiger partial charge in [-0.3, -0.25) is 14.4 Å². The van der Waals surface area contributed by atoms with Crippen LogP contribution in [0.3, 0.4) is 0 Å². The van der Waals surface area contributed by atoms with Gasteiger partial charge in [-0.1, -0.05) is 0 Å². The van der Waals surface area contributed by atoms with Crippen LogP contribution < -0.4 is 10.1 Å². The van der Waals surface area contributed by atoms with Crippen molar-refractivity contribution < 1.29 is 23.9 Å². The Labute approximate surface area is 183 Å². The van der Waals surface area contributed by atoms with E-state index in [4.69, 9.17) is 9.47 Å². The highest BCUT2D eigenvalue weighted by Crippen LogP contribution is 2.26. The Balaban J connectivity index is 1.80. The Morgan fingerprint density at radius 1 is 1.13 bits per heavy atom. The highest BCUT2D eigenvalue weighted by molar-refractivity contribution is 5.95. The lowest BCUT2D eigenvalue weighted by Crippen LogP contribution is -2.53. The average molecular weight is 433 g/mol. The van der Waals surface area contributed by atoms with Gasteiger partial charge in [0, 0.05) is 58.9 Å². The second kappa shape index (κ2) is 10.6. The molecule has 1 aromatic rings. The topological polar surface area (TPSA) is 91.4 Å². The number of rotatable bonds is 7. The molecule has 2 atom stereocenters. The third kappa shape index (κ3) is 5.34. The number of benzene rings is 1. The summed E-state index contributed by atoms with van der Waals surface area (Å²) in [5.74, 6) is 0.330. The molecule has 0 aliphatic carbocycles. The van der Waals surface area contributed by atoms with E-state index in [9.17, 15) is 14.4 Å². The van der Waals surface area contributed by atoms with Gasteiger partial charge in [-0.25, -0.2) is 0 Å². The summed E-state index contributed by atoms with van der Waals surface area (Å²) in [6, 6.07) is 6.13. The predicted molar refractivity (Wildman–Crippen MR) is 115 cm³/mol. The van der Waals surface area contributed by atoms with Crippen LogP contribution in [0.5, 0.6) is 5.75 Å². The number of nitrogens with one attached hydrogen (secondary N) is 1. The fraction of sp³-hybridized carbons (Fsp3) is 0.591. The van der Waals surface area contributed by atoms with E-state index in [1.54, 1.807) is 48.3 Å². The van der Waals surface area contributed by atoms with Gasteiger partial charge in [0.2, 0.25) is 11.8 Å². The zero-order valence-corrected chi connectivity index (χ0v) is 18.5. The maximum absolute atomic E-state index is 13.3. The van der Waals surface area contributed by atoms with E-state index >= 15 is 0 Å². The molecule has 1 aromatic carbocycles. The Kier molecular flexibility index (Phi) is 7.86. The summed E-state index contributed by atoms with van der Waals surface area (Å²) in [6.45, 7) is 5.32. The fourth-order valence-corrected chi connectivity index (χ4v) is 4.26. The van der Waals surface area contributed by atoms with Crippen molar-refractivity contribution >= 4 is 17.7 Å². The van der Waals surface area contributed by atoms with Gasteiger partial charge in [-0.05, 0) is 30.7 Å². The molecule has 2 saturated heterocycles. The van der Waals surface area contributed by atoms with Crippen LogP contribution in [-0.4, -0.2) is 105 Å². The molecule has 9 heteroatoms. The van der Waals surface area contributed by atoms with Crippen molar-refractivity contribution in [3.05, 3.63) is 29.8 Å². The molecule has 0 bridgehead atoms. The maximum atomic E-state index is 13.3. The minimum absolute atomic E-state index is 0.0391. The molecule has 3 rings (SSSR count). The number of ether oxygens (including phenoxy) is 2. The zero-order valence-electron chi connectivity index (χ0n) is 18.5. The molecule has 170 valence electrons. The fourth-order valence-electron chi connectivity index (χ4n) is 4.26. The largest absolute Gasteiger partial charge is 0.497 e. The lowest BCUT2D eigenvalue weighted by molar-refractivity contribution is -0.143. The van der Waals surface area contributed by atoms with Crippen LogP contribution in [0.2, 0.25) is 0 Å². The monoisotopic (exact) mass is 432 g/mol. The molecule has 0 spiro atoms. The minimum Gasteiger partial charge on any atom is -0.497 e. The Hall–Kier alpha value is -2.65. The van der Waals surface area contributed by atoms with Crippen LogP contribution in [-0.2, 0) is 14.3 Å². The Morgan fingerprint density at radius 3 is 2.39 bits per heavy atom. The molecule has 0 radical (unpaired) electrons. The molecular formula is C22H32N4O5. The average Bonchev–Trinajstić information content (AvgIpc) is 3.25. The molecule has 2 heterocycles. The number of amides is 3. The van der Waals surface area contributed by atoms with Gasteiger partial charge in [0.15, 0.2) is 0 Å². The van der Waals surface area contributed by atoms with Crippen LogP contribution in [0.15, 0.2) is 24.3 Å². The second-order valence-corrected chi connectivity index (χ2v) is 7.87. The number of piperazine rings is 1. The van der Waals surface area contributed by atoms with E-state index in [2.05, 4.69) is 5.32 Å². The summed E-state index contributed by atoms with van der Waals surface area (Å²) < 4.78 is 10.4. The maximum Gasteiger partial charge on any atom is 0.254 e. The Morgan fingerprint density at radius 2 is 1.81 bits per heavy atom. The van der Waals surface area contributed by atoms with Crippen molar-refractivity contribution in [2.75, 3.05) is 60.1 Å². The number of hydrogen-bond donors (Lipinski definition) is 1. The first-order valence-electron chi connectivity index (χ1n) is 10.7. The predicted octanol–water partition coefficient (Wildman–Crippen LogP) is 0.205. The van der Waals surface area contributed by atoms with Crippen LogP contribution >= 0.6 is 0 Å². The first kappa shape index (κ1) is 23.0. The van der Waals surface area contributed by atoms with Crippen molar-refractivity contribution in [1.82, 2.24) is 20.0 Å². The highest BCUT2D eigenvalue weighted by atomic mass is 16.5. The van der Waals surface area contributed by atoms with Crippen molar-refractivity contribution in [1.29, 1.82) is 0 Å². The normalized spacial score (nSPS) is 21.1. The van der Waals surface area contributed by atoms with Gasteiger partial charge in [0.05, 0.1) is 19.8 Å². The molecule has 0 aromatic heterocycles. The summed E-state index contributed by atoms with van der Waals surface area (Å²) in [5.41, 5.74) is 0.531. The molecule has 0 saturated carbocycles. The van der Waals surface area contributed by atoms with E-state index in [0.717, 1.165) is 13.1 Å². The van der Waals surface area contributed by atoms with Crippen LogP contribution in [0.25, 0.3) is 0 Å². The van der Waals surface area contributed by atoms with Gasteiger partial charge >= 0.3 is 0 Å². The van der Waals surface area contributed by atoms with E-state index in [0.29, 0.717) is 50.5 Å². The molecule has 9 nitrogen and oxygen atoms in total. The van der Waals surface area contributed by atoms with Gasteiger partial charge in [0.1, 0.15) is 11.8 Å². The standard InChI is InChI=1S/C22H32N4O5/c1-16(27)26-15-18(14-20(26)22(29)24-10-8-23-9-11-24)25(12-13-30-2)21(28)17-4-6-19(31-3)7-5-17/h4-7,18,20,23H,8-15H2,1-3H3. The number of likely N-dealkylation sites (tertiary alicyclic amines) is 1. The number of methoxy groups -OCH3 is 2. The lowest BCUT2D eigenvalue weighted by atomic mass is 10.1. The van der Waals surface area contributed by atoms with E-state index in [-0.39, 0.29) is 23.8 Å². The molecule has 1 N–H and O–H groups in total. The molecule has 3 amide bonds. The second-order valence-electron chi connectivity index (χ2n) is 7.87. The van der Waals surface area contributed by atoms with E-state index in [1.165, 1.54) is 6.92 Å². The van der Waals surface area contributed by atoms with Crippen LogP contribution in [0, 0.1) is 0 Å². The summed E-state index contributed by atoms with van der Waals surface area (Å²) in [5, 5.41) is 3.24. The van der Waals surface area contributed by atoms with Crippen molar-refractivity contribution in [3.63, 3.8) is 0 Å². The number of carbonyl (C=O) groups excluding carboxylic acids is 3. The third-order valence-electron chi connectivity index (χ3n) is 5.97. The Bertz CT molecular complexity index is 779. The highest BCUT2D eigenvalue weighted by Gasteiger charge is 2.43. The quantitative estimate of drug-likeness (QED) is 0.662. The van der Waals surface area contributed by atoms with Crippen molar-refractivity contribution in [2.45, 2.75) is 25.4 Å². The van der Waals surface area contributed by atoms with Gasteiger partial charge in [-0.2, -0.15) is 0 Å². The number of nitrogens with zero attached hydrogens (tertiary/aromatic N) is 3. The third-order valence-corrected chi connectivity index (χ3v) is 5.97. The number of hydrogen-bond acceptors (Lipinski definition) is 6. The molecule has 2 aliphatic heterocycles. The summed E-state index contributed by atoms with van der Waals surface area (Å²) in [4.78, 5) is 44.0. The first-order chi connectivity index (χ1) is 15.0. The molecule has 2 unspecified atom stereocenters. The van der Waals surface area contributed by atoms with Crippen molar-refractivity contribution in [3.8, 4) is 5.75 Å². The van der Waals surface area contributed by atoms with Gasteiger partial charge < -0.3 is 29.5 Å². The van der Waals surface area contributed by atoms with E-state index < -0.39 is 6.04 Å². The summed E-state index contributed by atoms with van der Waals surface area (Å²) in [6.07, 6.45) is 0.425. The van der Waals surface area contributed by atoms with Crippen LogP contribution in [0.1, 0.15) is 23.7 Å². The molecule has 31 heavy (non-hydrogen) atoms.